The van der Waals surface area contributed by atoms with Gasteiger partial charge in [-0.25, -0.2) is 19.7 Å². The van der Waals surface area contributed by atoms with Crippen molar-refractivity contribution < 1.29 is 72.3 Å². The van der Waals surface area contributed by atoms with Gasteiger partial charge < -0.3 is 50.0 Å². The fourth-order valence-electron chi connectivity index (χ4n) is 11.8. The summed E-state index contributed by atoms with van der Waals surface area (Å²) in [5.41, 5.74) is 3.07. The van der Waals surface area contributed by atoms with Gasteiger partial charge in [-0.05, 0) is 108 Å². The molecule has 0 unspecified atom stereocenters. The molecule has 25 heteroatoms. The molecule has 0 bridgehead atoms. The largest absolute Gasteiger partial charge is 0.481 e. The third-order valence-corrected chi connectivity index (χ3v) is 17.8. The molecule has 3 aromatic heterocycles. The molecule has 3 fully saturated rings. The molecule has 0 radical (unpaired) electrons. The minimum absolute atomic E-state index is 0.0189. The highest BCUT2D eigenvalue weighted by Crippen LogP contribution is 2.59. The number of piperidine rings is 1. The lowest BCUT2D eigenvalue weighted by Crippen LogP contribution is -2.47. The van der Waals surface area contributed by atoms with Gasteiger partial charge in [0.25, 0.3) is 0 Å². The van der Waals surface area contributed by atoms with Crippen molar-refractivity contribution in [2.75, 3.05) is 64.7 Å². The second kappa shape index (κ2) is 38.4. The second-order valence-corrected chi connectivity index (χ2v) is 25.9. The summed E-state index contributed by atoms with van der Waals surface area (Å²) >= 11 is 3.43. The molecule has 1 aliphatic heterocycles. The van der Waals surface area contributed by atoms with Crippen LogP contribution < -0.4 is 16.0 Å². The van der Waals surface area contributed by atoms with E-state index in [1.165, 1.54) is 50.1 Å². The summed E-state index contributed by atoms with van der Waals surface area (Å²) in [6.07, 6.45) is 23.4. The maximum atomic E-state index is 14.2. The number of carbonyl (C=O) groups is 9. The molecule has 2 saturated carbocycles. The number of aromatic nitrogens is 5. The number of halogens is 1. The molecule has 7 rings (SSSR count). The number of rotatable bonds is 49. The lowest BCUT2D eigenvalue weighted by atomic mass is 10.0. The Hall–Kier alpha value is -6.93. The van der Waals surface area contributed by atoms with Gasteiger partial charge in [0, 0.05) is 88.0 Å². The second-order valence-electron chi connectivity index (χ2n) is 25.1. The predicted octanol–water partition coefficient (Wildman–Crippen LogP) is 9.46. The Labute approximate surface area is 552 Å². The van der Waals surface area contributed by atoms with Crippen LogP contribution in [0.15, 0.2) is 47.3 Å². The number of nitrogens with one attached hydrogen (secondary N) is 3. The van der Waals surface area contributed by atoms with Gasteiger partial charge in [-0.1, -0.05) is 96.1 Å². The van der Waals surface area contributed by atoms with Crippen molar-refractivity contribution in [1.29, 1.82) is 0 Å². The smallest absolute Gasteiger partial charge is 0.326 e. The summed E-state index contributed by atoms with van der Waals surface area (Å²) < 4.78 is 24.0. The number of ether oxygens (including phenoxy) is 4. The number of likely N-dealkylation sites (tertiary alicyclic amines) is 1. The molecule has 93 heavy (non-hydrogen) atoms. The Morgan fingerprint density at radius 2 is 1.31 bits per heavy atom. The number of unbranched alkanes of at least 4 members (excludes halogenated alkanes) is 13. The molecule has 24 nitrogen and oxygen atoms in total. The quantitative estimate of drug-likeness (QED) is 0.0156. The number of aryl methyl sites for hydroxylation is 1. The number of pyridine rings is 1. The van der Waals surface area contributed by atoms with Crippen LogP contribution in [0.2, 0.25) is 0 Å². The summed E-state index contributed by atoms with van der Waals surface area (Å²) in [5, 5.41) is 31.8. The van der Waals surface area contributed by atoms with E-state index in [0.29, 0.717) is 64.3 Å². The Balaban J connectivity index is 0.664. The normalized spacial score (nSPS) is 16.8. The number of hydrogen-bond acceptors (Lipinski definition) is 17. The minimum Gasteiger partial charge on any atom is -0.481 e. The van der Waals surface area contributed by atoms with Crippen LogP contribution in [0.5, 0.6) is 0 Å². The number of benzene rings is 1. The highest BCUT2D eigenvalue weighted by Gasteiger charge is 2.64. The number of nitrogens with zero attached hydrogens (tertiary/aromatic N) is 6. The van der Waals surface area contributed by atoms with Gasteiger partial charge in [-0.15, -0.1) is 0 Å². The zero-order chi connectivity index (χ0) is 66.5. The van der Waals surface area contributed by atoms with Gasteiger partial charge in [0.05, 0.1) is 38.6 Å². The van der Waals surface area contributed by atoms with Crippen LogP contribution in [0.1, 0.15) is 202 Å². The minimum atomic E-state index is -1.17. The van der Waals surface area contributed by atoms with Crippen LogP contribution in [0, 0.1) is 5.41 Å². The number of hydrogen-bond donors (Lipinski definition) is 5. The van der Waals surface area contributed by atoms with E-state index in [1.54, 1.807) is 17.3 Å². The third kappa shape index (κ3) is 25.1. The van der Waals surface area contributed by atoms with Crippen LogP contribution in [-0.4, -0.2) is 170 Å². The number of aliphatic carboxylic acids is 2. The molecule has 4 heterocycles. The van der Waals surface area contributed by atoms with Gasteiger partial charge in [0.1, 0.15) is 59.6 Å². The molecule has 1 saturated heterocycles. The van der Waals surface area contributed by atoms with Crippen molar-refractivity contribution in [3.05, 3.63) is 64.4 Å². The first-order chi connectivity index (χ1) is 44.9. The van der Waals surface area contributed by atoms with E-state index in [0.717, 1.165) is 75.3 Å². The zero-order valence-electron chi connectivity index (χ0n) is 54.1. The first-order valence-electron chi connectivity index (χ1n) is 33.4. The Morgan fingerprint density at radius 3 is 1.96 bits per heavy atom. The van der Waals surface area contributed by atoms with E-state index >= 15 is 0 Å². The van der Waals surface area contributed by atoms with E-state index in [1.807, 2.05) is 30.3 Å². The topological polar surface area (TPSA) is 327 Å². The van der Waals surface area contributed by atoms with E-state index < -0.39 is 24.0 Å². The molecule has 4 aromatic rings. The van der Waals surface area contributed by atoms with Crippen LogP contribution in [-0.2, 0) is 70.3 Å². The predicted molar refractivity (Wildman–Crippen MR) is 349 cm³/mol. The van der Waals surface area contributed by atoms with Gasteiger partial charge in [-0.3, -0.25) is 43.0 Å². The van der Waals surface area contributed by atoms with Crippen molar-refractivity contribution in [1.82, 2.24) is 40.3 Å². The number of Topliss-reactive ketones (excluding diaryl/α,β-unsaturated/α-hetero) is 3. The van der Waals surface area contributed by atoms with E-state index in [9.17, 15) is 48.3 Å². The monoisotopic (exact) mass is 1360 g/mol. The van der Waals surface area contributed by atoms with Crippen molar-refractivity contribution in [2.45, 2.75) is 211 Å². The average molecular weight is 1360 g/mol. The fourth-order valence-corrected chi connectivity index (χ4v) is 12.2. The number of carboxylic acids is 2. The van der Waals surface area contributed by atoms with Crippen LogP contribution >= 0.6 is 15.9 Å². The molecule has 5 N–H and O–H groups in total. The van der Waals surface area contributed by atoms with Crippen molar-refractivity contribution in [3.63, 3.8) is 0 Å². The Bertz CT molecular complexity index is 3160. The molecule has 3 aliphatic rings. The standard InChI is InChI=1S/C68H94BrN9O15/c1-46(79)64-53-38-48(23-28-55(53)77(76-64)43-62(84)78-56(39-68(2)40-57(68)78)66(87)75-65-52(47-21-22-47)26-29-58(69)74-65)49-41-71-59(72-42-49)30-25-51(81)44-92-36-35-91-33-31-70-61(83)45-93-37-34-90-32-17-18-50(80)24-27-54(67(88)89)73-60(82)19-15-13-11-9-7-5-3-4-6-8-10-12-14-16-20-63(85)86/h23,26,28-29,38,41-42,47,54,56-57H,3-22,24-25,27,30-37,39-40,43-45H2,1-2H3,(H,70,83)(H,73,82)(H,85,86)(H,88,89)(H,74,75,87)/t54-,56-,57+,68-/m0/s1. The van der Waals surface area contributed by atoms with Crippen LogP contribution in [0.4, 0.5) is 5.82 Å². The molecule has 508 valence electrons. The van der Waals surface area contributed by atoms with Gasteiger partial charge in [0.2, 0.25) is 23.6 Å². The summed E-state index contributed by atoms with van der Waals surface area (Å²) in [5.74, 6) is -2.22. The molecule has 4 atom stereocenters. The van der Waals surface area contributed by atoms with Crippen molar-refractivity contribution >= 4 is 85.6 Å². The van der Waals surface area contributed by atoms with E-state index in [2.05, 4.69) is 58.9 Å². The fraction of sp³-hybridized carbons (Fsp3) is 0.632. The molecule has 2 aliphatic carbocycles. The zero-order valence-corrected chi connectivity index (χ0v) is 55.7. The van der Waals surface area contributed by atoms with Gasteiger partial charge in [0.15, 0.2) is 11.6 Å². The van der Waals surface area contributed by atoms with Gasteiger partial charge in [-0.2, -0.15) is 5.10 Å². The lowest BCUT2D eigenvalue weighted by molar-refractivity contribution is -0.142. The highest BCUT2D eigenvalue weighted by molar-refractivity contribution is 9.10. The summed E-state index contributed by atoms with van der Waals surface area (Å²) in [6.45, 7) is 4.62. The van der Waals surface area contributed by atoms with Crippen molar-refractivity contribution in [2.24, 2.45) is 5.41 Å². The Kier molecular flexibility index (Phi) is 30.4. The molecule has 4 amide bonds. The maximum absolute atomic E-state index is 14.2. The lowest BCUT2D eigenvalue weighted by Gasteiger charge is -2.27. The average Bonchev–Trinajstić information content (AvgIpc) is 1.56. The first-order valence-corrected chi connectivity index (χ1v) is 34.1. The number of carboxylic acid groups (broad SMARTS) is 2. The van der Waals surface area contributed by atoms with E-state index in [4.69, 9.17) is 24.1 Å². The van der Waals surface area contributed by atoms with Crippen LogP contribution in [0.3, 0.4) is 0 Å². The van der Waals surface area contributed by atoms with Gasteiger partial charge >= 0.3 is 11.9 Å². The first kappa shape index (κ1) is 73.5. The Morgan fingerprint density at radius 1 is 0.677 bits per heavy atom. The molecular formula is C68H94BrN9O15. The SMILES string of the molecule is CC(=O)c1nn(CC(=O)N2[C@H](C(=O)Nc3nc(Br)ccc3C3CC3)C[C@@]3(C)C[C@@H]23)c2ccc(-c3cnc(CCC(=O)COCCOCCNC(=O)COCCOCCCC(=O)CC[C@H](NC(=O)CCCCCCCCCCCCCCCCC(=O)O)C(=O)O)nc3)cc12. The number of amides is 4. The summed E-state index contributed by atoms with van der Waals surface area (Å²) in [7, 11) is 0. The number of carbonyl (C=O) groups excluding carboxylic acids is 7. The number of ketones is 3. The molecule has 1 aromatic carbocycles. The van der Waals surface area contributed by atoms with Crippen LogP contribution in [0.25, 0.3) is 22.0 Å². The molecular weight excluding hydrogens is 1260 g/mol. The summed E-state index contributed by atoms with van der Waals surface area (Å²) in [4.78, 5) is 128. The summed E-state index contributed by atoms with van der Waals surface area (Å²) in [6, 6.07) is 7.48. The third-order valence-electron chi connectivity index (χ3n) is 17.4. The highest BCUT2D eigenvalue weighted by atomic mass is 79.9. The maximum Gasteiger partial charge on any atom is 0.326 e. The molecule has 0 spiro atoms. The van der Waals surface area contributed by atoms with Crippen molar-refractivity contribution in [3.8, 4) is 11.1 Å². The number of fused-ring (bicyclic) bond motifs is 2. The number of anilines is 1. The van der Waals surface area contributed by atoms with E-state index in [-0.39, 0.29) is 163 Å².